The van der Waals surface area contributed by atoms with Crippen LogP contribution in [0, 0.1) is 0 Å². The van der Waals surface area contributed by atoms with Gasteiger partial charge in [0.15, 0.2) is 0 Å². The number of morpholine rings is 1. The van der Waals surface area contributed by atoms with E-state index in [-0.39, 0.29) is 5.91 Å². The third kappa shape index (κ3) is 4.19. The molecule has 2 aromatic rings. The van der Waals surface area contributed by atoms with E-state index in [0.717, 1.165) is 50.0 Å². The Labute approximate surface area is 161 Å². The number of aromatic amines is 1. The molecule has 2 aliphatic rings. The first-order valence-electron chi connectivity index (χ1n) is 10.4. The summed E-state index contributed by atoms with van der Waals surface area (Å²) >= 11 is 0. The van der Waals surface area contributed by atoms with E-state index in [4.69, 9.17) is 4.74 Å². The second-order valence-electron chi connectivity index (χ2n) is 8.18. The van der Waals surface area contributed by atoms with Gasteiger partial charge in [0, 0.05) is 48.3 Å². The molecule has 146 valence electrons. The molecular weight excluding hydrogens is 338 g/mol. The van der Waals surface area contributed by atoms with E-state index < -0.39 is 0 Å². The highest BCUT2D eigenvalue weighted by Gasteiger charge is 2.21. The predicted octanol–water partition coefficient (Wildman–Crippen LogP) is 3.28. The summed E-state index contributed by atoms with van der Waals surface area (Å²) in [6.45, 7) is 7.92. The molecule has 1 aliphatic heterocycles. The number of fused-ring (bicyclic) bond motifs is 3. The quantitative estimate of drug-likeness (QED) is 0.795. The number of ether oxygens (including phenoxy) is 1. The van der Waals surface area contributed by atoms with E-state index in [0.29, 0.717) is 18.8 Å². The van der Waals surface area contributed by atoms with Crippen molar-refractivity contribution < 1.29 is 9.53 Å². The summed E-state index contributed by atoms with van der Waals surface area (Å²) in [6.07, 6.45) is 6.31. The van der Waals surface area contributed by atoms with Crippen molar-refractivity contribution in [3.05, 3.63) is 35.0 Å². The maximum atomic E-state index is 12.6. The van der Waals surface area contributed by atoms with Gasteiger partial charge in [0.2, 0.25) is 0 Å². The number of carbonyl (C=O) groups excluding carboxylic acids is 1. The maximum Gasteiger partial charge on any atom is 0.251 e. The van der Waals surface area contributed by atoms with Crippen LogP contribution < -0.4 is 5.32 Å². The smallest absolute Gasteiger partial charge is 0.251 e. The van der Waals surface area contributed by atoms with Crippen LogP contribution in [0.4, 0.5) is 0 Å². The lowest BCUT2D eigenvalue weighted by molar-refractivity contribution is -0.0679. The summed E-state index contributed by atoms with van der Waals surface area (Å²) in [6, 6.07) is 6.06. The fraction of sp³-hybridized carbons (Fsp3) is 0.591. The second-order valence-corrected chi connectivity index (χ2v) is 8.18. The molecule has 1 aliphatic carbocycles. The highest BCUT2D eigenvalue weighted by Crippen LogP contribution is 2.29. The number of aryl methyl sites for hydroxylation is 2. The number of hydrogen-bond acceptors (Lipinski definition) is 3. The van der Waals surface area contributed by atoms with Crippen LogP contribution in [0.3, 0.4) is 0 Å². The molecule has 5 nitrogen and oxygen atoms in total. The summed E-state index contributed by atoms with van der Waals surface area (Å²) in [5, 5.41) is 4.32. The van der Waals surface area contributed by atoms with Crippen LogP contribution in [0.15, 0.2) is 18.2 Å². The molecular formula is C22H31N3O2. The molecule has 0 saturated carbocycles. The molecule has 0 unspecified atom stereocenters. The number of H-pyrrole nitrogens is 1. The molecule has 0 spiro atoms. The summed E-state index contributed by atoms with van der Waals surface area (Å²) in [4.78, 5) is 18.5. The monoisotopic (exact) mass is 369 g/mol. The van der Waals surface area contributed by atoms with Gasteiger partial charge in [-0.05, 0) is 69.7 Å². The van der Waals surface area contributed by atoms with Crippen molar-refractivity contribution in [1.82, 2.24) is 15.2 Å². The van der Waals surface area contributed by atoms with Crippen LogP contribution >= 0.6 is 0 Å². The van der Waals surface area contributed by atoms with Gasteiger partial charge in [-0.1, -0.05) is 0 Å². The summed E-state index contributed by atoms with van der Waals surface area (Å²) in [7, 11) is 0. The van der Waals surface area contributed by atoms with E-state index in [1.165, 1.54) is 29.5 Å². The Morgan fingerprint density at radius 1 is 1.22 bits per heavy atom. The van der Waals surface area contributed by atoms with Gasteiger partial charge in [-0.25, -0.2) is 0 Å². The van der Waals surface area contributed by atoms with Crippen molar-refractivity contribution in [3.8, 4) is 0 Å². The molecule has 0 radical (unpaired) electrons. The number of hydrogen-bond donors (Lipinski definition) is 2. The van der Waals surface area contributed by atoms with Crippen molar-refractivity contribution in [2.45, 2.75) is 58.2 Å². The molecule has 1 saturated heterocycles. The number of rotatable bonds is 5. The Morgan fingerprint density at radius 2 is 2.00 bits per heavy atom. The summed E-state index contributed by atoms with van der Waals surface area (Å²) in [5.74, 6) is 0.0337. The first-order valence-corrected chi connectivity index (χ1v) is 10.4. The highest BCUT2D eigenvalue weighted by atomic mass is 16.5. The fourth-order valence-corrected chi connectivity index (χ4v) is 4.62. The molecule has 2 heterocycles. The fourth-order valence-electron chi connectivity index (χ4n) is 4.62. The van der Waals surface area contributed by atoms with Crippen LogP contribution in [-0.2, 0) is 17.6 Å². The van der Waals surface area contributed by atoms with Gasteiger partial charge in [0.05, 0.1) is 12.2 Å². The number of nitrogens with one attached hydrogen (secondary N) is 2. The highest BCUT2D eigenvalue weighted by molar-refractivity contribution is 5.99. The van der Waals surface area contributed by atoms with E-state index >= 15 is 0 Å². The maximum absolute atomic E-state index is 12.6. The molecule has 27 heavy (non-hydrogen) atoms. The molecule has 1 amide bonds. The van der Waals surface area contributed by atoms with Crippen LogP contribution in [-0.4, -0.2) is 54.2 Å². The number of amides is 1. The van der Waals surface area contributed by atoms with Crippen molar-refractivity contribution in [2.24, 2.45) is 0 Å². The van der Waals surface area contributed by atoms with Crippen LogP contribution in [0.5, 0.6) is 0 Å². The second kappa shape index (κ2) is 8.03. The largest absolute Gasteiger partial charge is 0.373 e. The third-order valence-corrected chi connectivity index (χ3v) is 5.79. The Hall–Kier alpha value is -1.85. The Balaban J connectivity index is 1.32. The summed E-state index contributed by atoms with van der Waals surface area (Å²) in [5.41, 5.74) is 4.71. The van der Waals surface area contributed by atoms with Gasteiger partial charge in [0.1, 0.15) is 0 Å². The number of aromatic nitrogens is 1. The van der Waals surface area contributed by atoms with Gasteiger partial charge in [-0.2, -0.15) is 0 Å². The molecule has 0 bridgehead atoms. The molecule has 5 heteroatoms. The van der Waals surface area contributed by atoms with E-state index in [2.05, 4.69) is 41.2 Å². The van der Waals surface area contributed by atoms with Crippen LogP contribution in [0.2, 0.25) is 0 Å². The van der Waals surface area contributed by atoms with Crippen molar-refractivity contribution in [1.29, 1.82) is 0 Å². The minimum absolute atomic E-state index is 0.0337. The van der Waals surface area contributed by atoms with Crippen LogP contribution in [0.25, 0.3) is 10.9 Å². The topological polar surface area (TPSA) is 57.4 Å². The van der Waals surface area contributed by atoms with Crippen molar-refractivity contribution >= 4 is 16.8 Å². The van der Waals surface area contributed by atoms with Crippen molar-refractivity contribution in [2.75, 3.05) is 26.2 Å². The van der Waals surface area contributed by atoms with Gasteiger partial charge < -0.3 is 15.0 Å². The summed E-state index contributed by atoms with van der Waals surface area (Å²) < 4.78 is 5.77. The van der Waals surface area contributed by atoms with E-state index in [1.807, 2.05) is 6.07 Å². The third-order valence-electron chi connectivity index (χ3n) is 5.79. The Kier molecular flexibility index (Phi) is 5.50. The first-order chi connectivity index (χ1) is 13.1. The lowest BCUT2D eigenvalue weighted by Gasteiger charge is -2.35. The molecule has 2 atom stereocenters. The van der Waals surface area contributed by atoms with E-state index in [9.17, 15) is 4.79 Å². The number of benzene rings is 1. The molecule has 1 fully saturated rings. The van der Waals surface area contributed by atoms with Gasteiger partial charge in [-0.3, -0.25) is 9.69 Å². The van der Waals surface area contributed by atoms with Gasteiger partial charge >= 0.3 is 0 Å². The normalized spacial score (nSPS) is 23.3. The van der Waals surface area contributed by atoms with E-state index in [1.54, 1.807) is 0 Å². The van der Waals surface area contributed by atoms with Crippen molar-refractivity contribution in [3.63, 3.8) is 0 Å². The molecule has 1 aromatic carbocycles. The lowest BCUT2D eigenvalue weighted by atomic mass is 9.95. The zero-order valence-electron chi connectivity index (χ0n) is 16.5. The zero-order chi connectivity index (χ0) is 18.8. The SMILES string of the molecule is C[C@H]1CN(CCCNC(=O)c2ccc3[nH]c4c(c3c2)CCCC4)C[C@H](C)O1. The number of carbonyl (C=O) groups is 1. The lowest BCUT2D eigenvalue weighted by Crippen LogP contribution is -2.46. The molecule has 4 rings (SSSR count). The Morgan fingerprint density at radius 3 is 2.81 bits per heavy atom. The van der Waals surface area contributed by atoms with Gasteiger partial charge in [-0.15, -0.1) is 0 Å². The minimum Gasteiger partial charge on any atom is -0.373 e. The average molecular weight is 370 g/mol. The molecule has 1 aromatic heterocycles. The average Bonchev–Trinajstić information content (AvgIpc) is 3.02. The Bertz CT molecular complexity index is 803. The molecule has 2 N–H and O–H groups in total. The first kappa shape index (κ1) is 18.5. The van der Waals surface area contributed by atoms with Crippen LogP contribution in [0.1, 0.15) is 54.7 Å². The predicted molar refractivity (Wildman–Crippen MR) is 108 cm³/mol. The number of nitrogens with zero attached hydrogens (tertiary/aromatic N) is 1. The standard InChI is InChI=1S/C22H31N3O2/c1-15-13-25(14-16(2)27-15)11-5-10-23-22(26)17-8-9-21-19(12-17)18-6-3-4-7-20(18)24-21/h8-9,12,15-16,24H,3-7,10-11,13-14H2,1-2H3,(H,23,26)/t15-,16-/m0/s1. The minimum atomic E-state index is 0.0337. The van der Waals surface area contributed by atoms with Gasteiger partial charge in [0.25, 0.3) is 5.91 Å². The zero-order valence-corrected chi connectivity index (χ0v) is 16.5.